The Labute approximate surface area is 132 Å². The lowest BCUT2D eigenvalue weighted by Gasteiger charge is -2.33. The lowest BCUT2D eigenvalue weighted by atomic mass is 9.97. The summed E-state index contributed by atoms with van der Waals surface area (Å²) in [6, 6.07) is 0. The molecule has 1 aliphatic rings. The zero-order chi connectivity index (χ0) is 16.8. The minimum Gasteiger partial charge on any atom is -0.469 e. The van der Waals surface area contributed by atoms with E-state index in [0.29, 0.717) is 5.96 Å². The third-order valence-corrected chi connectivity index (χ3v) is 3.46. The number of esters is 1. The van der Waals surface area contributed by atoms with Crippen molar-refractivity contribution < 1.29 is 14.3 Å². The first-order valence-corrected chi connectivity index (χ1v) is 7.61. The Kier molecular flexibility index (Phi) is 6.64. The molecule has 0 aromatic rings. The van der Waals surface area contributed by atoms with E-state index in [1.807, 2.05) is 20.8 Å². The highest BCUT2D eigenvalue weighted by Crippen LogP contribution is 2.18. The SMILES string of the molecule is CN=C(NCC(=O)NC(C)(C)C)N1CCC(C(=O)OC)CC1. The minimum absolute atomic E-state index is 0.0384. The van der Waals surface area contributed by atoms with E-state index in [-0.39, 0.29) is 29.9 Å². The number of guanidine groups is 1. The van der Waals surface area contributed by atoms with Crippen LogP contribution in [-0.4, -0.2) is 62.1 Å². The van der Waals surface area contributed by atoms with Crippen molar-refractivity contribution in [2.24, 2.45) is 10.9 Å². The first-order chi connectivity index (χ1) is 10.3. The topological polar surface area (TPSA) is 83.0 Å². The van der Waals surface area contributed by atoms with Crippen LogP contribution in [-0.2, 0) is 14.3 Å². The Morgan fingerprint density at radius 1 is 1.27 bits per heavy atom. The molecule has 0 aromatic heterocycles. The third kappa shape index (κ3) is 5.91. The standard InChI is InChI=1S/C15H28N4O3/c1-15(2,3)18-12(20)10-17-14(16-4)19-8-6-11(7-9-19)13(21)22-5/h11H,6-10H2,1-5H3,(H,16,17)(H,18,20). The molecule has 0 atom stereocenters. The quantitative estimate of drug-likeness (QED) is 0.447. The van der Waals surface area contributed by atoms with Gasteiger partial charge in [-0.3, -0.25) is 14.6 Å². The highest BCUT2D eigenvalue weighted by molar-refractivity contribution is 5.86. The summed E-state index contributed by atoms with van der Waals surface area (Å²) in [5.41, 5.74) is -0.249. The van der Waals surface area contributed by atoms with Gasteiger partial charge in [0.1, 0.15) is 0 Å². The van der Waals surface area contributed by atoms with Gasteiger partial charge in [-0.05, 0) is 33.6 Å². The molecule has 0 unspecified atom stereocenters. The zero-order valence-corrected chi connectivity index (χ0v) is 14.2. The van der Waals surface area contributed by atoms with Gasteiger partial charge in [-0.25, -0.2) is 0 Å². The van der Waals surface area contributed by atoms with E-state index in [1.54, 1.807) is 7.05 Å². The number of aliphatic imine (C=N–C) groups is 1. The van der Waals surface area contributed by atoms with Crippen molar-refractivity contribution in [3.05, 3.63) is 0 Å². The van der Waals surface area contributed by atoms with E-state index < -0.39 is 0 Å². The summed E-state index contributed by atoms with van der Waals surface area (Å²) in [5.74, 6) is 0.432. The molecule has 1 amide bonds. The van der Waals surface area contributed by atoms with E-state index in [0.717, 1.165) is 25.9 Å². The molecule has 126 valence electrons. The van der Waals surface area contributed by atoms with Crippen LogP contribution in [0.15, 0.2) is 4.99 Å². The monoisotopic (exact) mass is 312 g/mol. The average Bonchev–Trinajstić information content (AvgIpc) is 2.46. The maximum Gasteiger partial charge on any atom is 0.308 e. The van der Waals surface area contributed by atoms with Gasteiger partial charge in [-0.2, -0.15) is 0 Å². The molecule has 22 heavy (non-hydrogen) atoms. The van der Waals surface area contributed by atoms with Crippen molar-refractivity contribution in [3.8, 4) is 0 Å². The van der Waals surface area contributed by atoms with Crippen molar-refractivity contribution in [1.82, 2.24) is 15.5 Å². The molecule has 1 heterocycles. The fourth-order valence-electron chi connectivity index (χ4n) is 2.45. The van der Waals surface area contributed by atoms with Gasteiger partial charge < -0.3 is 20.3 Å². The number of nitrogens with one attached hydrogen (secondary N) is 2. The summed E-state index contributed by atoms with van der Waals surface area (Å²) in [5, 5.41) is 5.96. The summed E-state index contributed by atoms with van der Waals surface area (Å²) in [4.78, 5) is 29.6. The summed E-state index contributed by atoms with van der Waals surface area (Å²) in [6.07, 6.45) is 1.48. The van der Waals surface area contributed by atoms with E-state index in [1.165, 1.54) is 7.11 Å². The average molecular weight is 312 g/mol. The van der Waals surface area contributed by atoms with Crippen LogP contribution in [0.3, 0.4) is 0 Å². The molecule has 0 aliphatic carbocycles. The lowest BCUT2D eigenvalue weighted by molar-refractivity contribution is -0.146. The largest absolute Gasteiger partial charge is 0.469 e. The molecule has 1 rings (SSSR count). The fraction of sp³-hybridized carbons (Fsp3) is 0.800. The Bertz CT molecular complexity index is 421. The smallest absolute Gasteiger partial charge is 0.308 e. The van der Waals surface area contributed by atoms with Crippen LogP contribution in [0.25, 0.3) is 0 Å². The summed E-state index contributed by atoms with van der Waals surface area (Å²) in [6.45, 7) is 7.45. The van der Waals surface area contributed by atoms with Crippen LogP contribution in [0.4, 0.5) is 0 Å². The number of rotatable bonds is 3. The Morgan fingerprint density at radius 3 is 2.32 bits per heavy atom. The van der Waals surface area contributed by atoms with Crippen molar-refractivity contribution >= 4 is 17.8 Å². The number of nitrogens with zero attached hydrogens (tertiary/aromatic N) is 2. The van der Waals surface area contributed by atoms with Gasteiger partial charge in [0.25, 0.3) is 0 Å². The van der Waals surface area contributed by atoms with Crippen LogP contribution in [0.1, 0.15) is 33.6 Å². The predicted molar refractivity (Wildman–Crippen MR) is 85.6 cm³/mol. The molecule has 2 N–H and O–H groups in total. The second-order valence-corrected chi connectivity index (χ2v) is 6.48. The number of carbonyl (C=O) groups excluding carboxylic acids is 2. The Balaban J connectivity index is 2.44. The number of hydrogen-bond acceptors (Lipinski definition) is 4. The molecule has 0 spiro atoms. The molecule has 1 fully saturated rings. The van der Waals surface area contributed by atoms with Gasteiger partial charge >= 0.3 is 5.97 Å². The van der Waals surface area contributed by atoms with Crippen molar-refractivity contribution in [3.63, 3.8) is 0 Å². The van der Waals surface area contributed by atoms with Crippen LogP contribution in [0.2, 0.25) is 0 Å². The number of hydrogen-bond donors (Lipinski definition) is 2. The lowest BCUT2D eigenvalue weighted by Crippen LogP contribution is -2.51. The highest BCUT2D eigenvalue weighted by Gasteiger charge is 2.27. The zero-order valence-electron chi connectivity index (χ0n) is 14.2. The number of amides is 1. The Hall–Kier alpha value is -1.79. The predicted octanol–water partition coefficient (Wildman–Crippen LogP) is 0.362. The summed E-state index contributed by atoms with van der Waals surface area (Å²) in [7, 11) is 3.11. The van der Waals surface area contributed by atoms with Gasteiger partial charge in [-0.1, -0.05) is 0 Å². The highest BCUT2D eigenvalue weighted by atomic mass is 16.5. The van der Waals surface area contributed by atoms with E-state index >= 15 is 0 Å². The number of methoxy groups -OCH3 is 1. The van der Waals surface area contributed by atoms with Gasteiger partial charge in [0.15, 0.2) is 5.96 Å². The maximum absolute atomic E-state index is 11.8. The first kappa shape index (κ1) is 18.3. The molecule has 0 bridgehead atoms. The van der Waals surface area contributed by atoms with Gasteiger partial charge in [-0.15, -0.1) is 0 Å². The number of ether oxygens (including phenoxy) is 1. The van der Waals surface area contributed by atoms with Crippen molar-refractivity contribution in [2.75, 3.05) is 33.8 Å². The summed E-state index contributed by atoms with van der Waals surface area (Å²) < 4.78 is 4.78. The Morgan fingerprint density at radius 2 is 1.86 bits per heavy atom. The van der Waals surface area contributed by atoms with E-state index in [4.69, 9.17) is 4.74 Å². The molecule has 0 radical (unpaired) electrons. The summed E-state index contributed by atoms with van der Waals surface area (Å²) >= 11 is 0. The third-order valence-electron chi connectivity index (χ3n) is 3.46. The number of carbonyl (C=O) groups is 2. The second-order valence-electron chi connectivity index (χ2n) is 6.48. The van der Waals surface area contributed by atoms with Gasteiger partial charge in [0.2, 0.25) is 5.91 Å². The van der Waals surface area contributed by atoms with Gasteiger partial charge in [0, 0.05) is 25.7 Å². The van der Waals surface area contributed by atoms with E-state index in [9.17, 15) is 9.59 Å². The van der Waals surface area contributed by atoms with E-state index in [2.05, 4.69) is 20.5 Å². The normalized spacial score (nSPS) is 17.1. The molecule has 0 aromatic carbocycles. The van der Waals surface area contributed by atoms with Crippen LogP contribution >= 0.6 is 0 Å². The number of likely N-dealkylation sites (tertiary alicyclic amines) is 1. The molecular weight excluding hydrogens is 284 g/mol. The minimum atomic E-state index is -0.249. The van der Waals surface area contributed by atoms with Crippen molar-refractivity contribution in [2.45, 2.75) is 39.2 Å². The number of piperidine rings is 1. The van der Waals surface area contributed by atoms with Crippen LogP contribution in [0, 0.1) is 5.92 Å². The van der Waals surface area contributed by atoms with Crippen LogP contribution < -0.4 is 10.6 Å². The fourth-order valence-corrected chi connectivity index (χ4v) is 2.45. The molecule has 0 saturated carbocycles. The molecule has 7 heteroatoms. The molecule has 1 saturated heterocycles. The van der Waals surface area contributed by atoms with Crippen LogP contribution in [0.5, 0.6) is 0 Å². The maximum atomic E-state index is 11.8. The van der Waals surface area contributed by atoms with Gasteiger partial charge in [0.05, 0.1) is 19.6 Å². The molecular formula is C15H28N4O3. The first-order valence-electron chi connectivity index (χ1n) is 7.61. The molecule has 7 nitrogen and oxygen atoms in total. The van der Waals surface area contributed by atoms with Crippen molar-refractivity contribution in [1.29, 1.82) is 0 Å². The molecule has 1 aliphatic heterocycles. The second kappa shape index (κ2) is 8.00.